The Hall–Kier alpha value is -0.830. The van der Waals surface area contributed by atoms with Crippen LogP contribution in [0.4, 0.5) is 0 Å². The van der Waals surface area contributed by atoms with E-state index in [0.29, 0.717) is 12.1 Å². The van der Waals surface area contributed by atoms with Crippen LogP contribution in [0.2, 0.25) is 0 Å². The van der Waals surface area contributed by atoms with Crippen molar-refractivity contribution in [2.24, 2.45) is 0 Å². The van der Waals surface area contributed by atoms with Crippen molar-refractivity contribution in [2.45, 2.75) is 53.2 Å². The molecule has 1 aromatic heterocycles. The fourth-order valence-electron chi connectivity index (χ4n) is 1.68. The second-order valence-corrected chi connectivity index (χ2v) is 4.33. The number of nitrogens with zero attached hydrogens (tertiary/aromatic N) is 2. The van der Waals surface area contributed by atoms with Gasteiger partial charge in [-0.15, -0.1) is 0 Å². The molecule has 0 unspecified atom stereocenters. The Bertz CT molecular complexity index is 268. The van der Waals surface area contributed by atoms with E-state index in [-0.39, 0.29) is 0 Å². The van der Waals surface area contributed by atoms with Crippen LogP contribution in [0.5, 0.6) is 0 Å². The van der Waals surface area contributed by atoms with E-state index < -0.39 is 0 Å². The summed E-state index contributed by atoms with van der Waals surface area (Å²) in [6.45, 7) is 11.9. The fourth-order valence-corrected chi connectivity index (χ4v) is 1.68. The SMILES string of the molecule is Cc1[nH]cnc1CN(C(C)C)C(C)C. The third-order valence-electron chi connectivity index (χ3n) is 2.59. The summed E-state index contributed by atoms with van der Waals surface area (Å²) in [7, 11) is 0. The molecule has 14 heavy (non-hydrogen) atoms. The summed E-state index contributed by atoms with van der Waals surface area (Å²) in [4.78, 5) is 9.87. The first-order valence-electron chi connectivity index (χ1n) is 5.27. The molecule has 0 saturated carbocycles. The van der Waals surface area contributed by atoms with Crippen LogP contribution in [0, 0.1) is 6.92 Å². The number of nitrogens with one attached hydrogen (secondary N) is 1. The lowest BCUT2D eigenvalue weighted by atomic mass is 10.2. The molecule has 0 bridgehead atoms. The Labute approximate surface area is 86.5 Å². The molecular formula is C11H21N3. The molecule has 1 rings (SSSR count). The monoisotopic (exact) mass is 195 g/mol. The zero-order chi connectivity index (χ0) is 10.7. The van der Waals surface area contributed by atoms with E-state index >= 15 is 0 Å². The van der Waals surface area contributed by atoms with E-state index in [9.17, 15) is 0 Å². The maximum absolute atomic E-state index is 4.32. The number of H-pyrrole nitrogens is 1. The molecule has 0 aliphatic carbocycles. The number of aryl methyl sites for hydroxylation is 1. The Balaban J connectivity index is 2.70. The second kappa shape index (κ2) is 4.60. The van der Waals surface area contributed by atoms with Crippen LogP contribution in [0.1, 0.15) is 39.1 Å². The highest BCUT2D eigenvalue weighted by Gasteiger charge is 2.15. The molecule has 0 saturated heterocycles. The van der Waals surface area contributed by atoms with Crippen molar-refractivity contribution in [3.63, 3.8) is 0 Å². The molecule has 1 N–H and O–H groups in total. The van der Waals surface area contributed by atoms with E-state index in [1.54, 1.807) is 6.33 Å². The average molecular weight is 195 g/mol. The van der Waals surface area contributed by atoms with Crippen molar-refractivity contribution in [3.05, 3.63) is 17.7 Å². The summed E-state index contributed by atoms with van der Waals surface area (Å²) in [5.41, 5.74) is 2.34. The minimum atomic E-state index is 0.561. The molecule has 0 aliphatic rings. The smallest absolute Gasteiger partial charge is 0.0925 e. The first-order valence-corrected chi connectivity index (χ1v) is 5.27. The Morgan fingerprint density at radius 2 is 1.86 bits per heavy atom. The highest BCUT2D eigenvalue weighted by molar-refractivity contribution is 5.08. The van der Waals surface area contributed by atoms with Crippen LogP contribution < -0.4 is 0 Å². The summed E-state index contributed by atoms with van der Waals surface area (Å²) < 4.78 is 0. The fraction of sp³-hybridized carbons (Fsp3) is 0.727. The van der Waals surface area contributed by atoms with Crippen LogP contribution >= 0.6 is 0 Å². The summed E-state index contributed by atoms with van der Waals surface area (Å²) in [6.07, 6.45) is 1.77. The first-order chi connectivity index (χ1) is 6.52. The van der Waals surface area contributed by atoms with Gasteiger partial charge in [0.15, 0.2) is 0 Å². The van der Waals surface area contributed by atoms with E-state index in [2.05, 4.69) is 49.5 Å². The highest BCUT2D eigenvalue weighted by atomic mass is 15.2. The zero-order valence-corrected chi connectivity index (χ0v) is 9.83. The number of imidazole rings is 1. The summed E-state index contributed by atoms with van der Waals surface area (Å²) in [5.74, 6) is 0. The molecule has 0 fully saturated rings. The third-order valence-corrected chi connectivity index (χ3v) is 2.59. The summed E-state index contributed by atoms with van der Waals surface area (Å²) in [5, 5.41) is 0. The molecule has 0 aliphatic heterocycles. The predicted molar refractivity (Wildman–Crippen MR) is 59.1 cm³/mol. The van der Waals surface area contributed by atoms with Crippen molar-refractivity contribution < 1.29 is 0 Å². The van der Waals surface area contributed by atoms with Gasteiger partial charge in [-0.3, -0.25) is 4.90 Å². The second-order valence-electron chi connectivity index (χ2n) is 4.33. The lowest BCUT2D eigenvalue weighted by Crippen LogP contribution is -2.36. The molecule has 3 heteroatoms. The number of hydrogen-bond acceptors (Lipinski definition) is 2. The van der Waals surface area contributed by atoms with Crippen molar-refractivity contribution in [1.82, 2.24) is 14.9 Å². The predicted octanol–water partition coefficient (Wildman–Crippen LogP) is 2.34. The number of aromatic nitrogens is 2. The van der Waals surface area contributed by atoms with Gasteiger partial charge in [0.1, 0.15) is 0 Å². The van der Waals surface area contributed by atoms with E-state index in [1.165, 1.54) is 5.69 Å². The van der Waals surface area contributed by atoms with Crippen molar-refractivity contribution >= 4 is 0 Å². The van der Waals surface area contributed by atoms with Crippen LogP contribution in [0.15, 0.2) is 6.33 Å². The normalized spacial score (nSPS) is 12.0. The molecule has 0 aromatic carbocycles. The van der Waals surface area contributed by atoms with Gasteiger partial charge in [0.2, 0.25) is 0 Å². The molecule has 0 radical (unpaired) electrons. The van der Waals surface area contributed by atoms with Gasteiger partial charge in [0, 0.05) is 24.3 Å². The Morgan fingerprint density at radius 1 is 1.29 bits per heavy atom. The average Bonchev–Trinajstić information content (AvgIpc) is 2.46. The van der Waals surface area contributed by atoms with Gasteiger partial charge in [-0.05, 0) is 34.6 Å². The number of rotatable bonds is 4. The van der Waals surface area contributed by atoms with E-state index in [4.69, 9.17) is 0 Å². The van der Waals surface area contributed by atoms with Crippen molar-refractivity contribution in [2.75, 3.05) is 0 Å². The topological polar surface area (TPSA) is 31.9 Å². The summed E-state index contributed by atoms with van der Waals surface area (Å²) in [6, 6.07) is 1.12. The van der Waals surface area contributed by atoms with Crippen molar-refractivity contribution in [1.29, 1.82) is 0 Å². The molecule has 0 spiro atoms. The van der Waals surface area contributed by atoms with Crippen LogP contribution in [-0.2, 0) is 6.54 Å². The summed E-state index contributed by atoms with van der Waals surface area (Å²) >= 11 is 0. The number of hydrogen-bond donors (Lipinski definition) is 1. The lowest BCUT2D eigenvalue weighted by molar-refractivity contribution is 0.164. The highest BCUT2D eigenvalue weighted by Crippen LogP contribution is 2.11. The van der Waals surface area contributed by atoms with Crippen LogP contribution in [0.25, 0.3) is 0 Å². The van der Waals surface area contributed by atoms with Gasteiger partial charge in [0.05, 0.1) is 12.0 Å². The Kier molecular flexibility index (Phi) is 3.69. The molecule has 0 atom stereocenters. The van der Waals surface area contributed by atoms with Gasteiger partial charge < -0.3 is 4.98 Å². The van der Waals surface area contributed by atoms with Crippen LogP contribution in [-0.4, -0.2) is 27.0 Å². The van der Waals surface area contributed by atoms with Gasteiger partial charge in [0.25, 0.3) is 0 Å². The molecule has 0 amide bonds. The quantitative estimate of drug-likeness (QED) is 0.799. The van der Waals surface area contributed by atoms with Gasteiger partial charge in [-0.2, -0.15) is 0 Å². The van der Waals surface area contributed by atoms with Crippen molar-refractivity contribution in [3.8, 4) is 0 Å². The number of aromatic amines is 1. The molecular weight excluding hydrogens is 174 g/mol. The van der Waals surface area contributed by atoms with E-state index in [0.717, 1.165) is 12.2 Å². The van der Waals surface area contributed by atoms with Crippen LogP contribution in [0.3, 0.4) is 0 Å². The van der Waals surface area contributed by atoms with Gasteiger partial charge >= 0.3 is 0 Å². The standard InChI is InChI=1S/C11H21N3/c1-8(2)14(9(3)4)6-11-10(5)12-7-13-11/h7-9H,6H2,1-5H3,(H,12,13). The molecule has 1 heterocycles. The van der Waals surface area contributed by atoms with E-state index in [1.807, 2.05) is 0 Å². The maximum Gasteiger partial charge on any atom is 0.0925 e. The first kappa shape index (κ1) is 11.2. The molecule has 1 aromatic rings. The molecule has 3 nitrogen and oxygen atoms in total. The Morgan fingerprint density at radius 3 is 2.21 bits per heavy atom. The molecule has 80 valence electrons. The largest absolute Gasteiger partial charge is 0.348 e. The third kappa shape index (κ3) is 2.58. The lowest BCUT2D eigenvalue weighted by Gasteiger charge is -2.29. The minimum absolute atomic E-state index is 0.561. The zero-order valence-electron chi connectivity index (χ0n) is 9.83. The van der Waals surface area contributed by atoms with Gasteiger partial charge in [-0.25, -0.2) is 4.98 Å². The minimum Gasteiger partial charge on any atom is -0.348 e. The van der Waals surface area contributed by atoms with Gasteiger partial charge in [-0.1, -0.05) is 0 Å². The maximum atomic E-state index is 4.32.